The summed E-state index contributed by atoms with van der Waals surface area (Å²) in [5.74, 6) is 2.84. The van der Waals surface area contributed by atoms with Crippen molar-refractivity contribution in [3.63, 3.8) is 0 Å². The Bertz CT molecular complexity index is 852. The number of rotatable bonds is 5. The fourth-order valence-corrected chi connectivity index (χ4v) is 3.48. The van der Waals surface area contributed by atoms with E-state index in [1.54, 1.807) is 12.4 Å². The molecule has 4 rings (SSSR count). The van der Waals surface area contributed by atoms with Crippen LogP contribution in [0.1, 0.15) is 36.2 Å². The lowest BCUT2D eigenvalue weighted by Crippen LogP contribution is -2.33. The van der Waals surface area contributed by atoms with Crippen molar-refractivity contribution >= 4 is 0 Å². The largest absolute Gasteiger partial charge is 0.388 e. The van der Waals surface area contributed by atoms with Crippen LogP contribution in [0.4, 0.5) is 0 Å². The van der Waals surface area contributed by atoms with Crippen LogP contribution >= 0.6 is 0 Å². The van der Waals surface area contributed by atoms with E-state index in [1.807, 2.05) is 29.8 Å². The molecule has 1 N–H and O–H groups in total. The summed E-state index contributed by atoms with van der Waals surface area (Å²) in [4.78, 5) is 6.40. The van der Waals surface area contributed by atoms with Crippen molar-refractivity contribution in [3.8, 4) is 11.3 Å². The van der Waals surface area contributed by atoms with Crippen LogP contribution in [0.15, 0.2) is 35.1 Å². The molecule has 1 aliphatic rings. The second kappa shape index (κ2) is 7.35. The van der Waals surface area contributed by atoms with Crippen molar-refractivity contribution in [3.05, 3.63) is 48.0 Å². The standard InChI is InChI=1S/C18H22N6O2/c1-23-17(12-25)20-21-18(23)14-4-8-24(9-5-14)11-15-10-16(22-26-15)13-2-6-19-7-3-13/h2-3,6-7,10,14,25H,4-5,8-9,11-12H2,1H3. The summed E-state index contributed by atoms with van der Waals surface area (Å²) in [5, 5.41) is 21.7. The second-order valence-electron chi connectivity index (χ2n) is 6.66. The Morgan fingerprint density at radius 3 is 2.65 bits per heavy atom. The average molecular weight is 354 g/mol. The number of aliphatic hydroxyl groups is 1. The van der Waals surface area contributed by atoms with Gasteiger partial charge in [-0.3, -0.25) is 9.88 Å². The number of likely N-dealkylation sites (tertiary alicyclic amines) is 1. The highest BCUT2D eigenvalue weighted by atomic mass is 16.5. The minimum Gasteiger partial charge on any atom is -0.388 e. The van der Waals surface area contributed by atoms with Crippen molar-refractivity contribution < 1.29 is 9.63 Å². The van der Waals surface area contributed by atoms with Crippen LogP contribution in [-0.4, -0.2) is 48.0 Å². The molecule has 0 saturated carbocycles. The summed E-state index contributed by atoms with van der Waals surface area (Å²) in [6, 6.07) is 5.85. The van der Waals surface area contributed by atoms with E-state index in [4.69, 9.17) is 4.52 Å². The number of hydrogen-bond donors (Lipinski definition) is 1. The van der Waals surface area contributed by atoms with Crippen LogP contribution in [-0.2, 0) is 20.2 Å². The average Bonchev–Trinajstić information content (AvgIpc) is 3.30. The number of aliphatic hydroxyl groups excluding tert-OH is 1. The lowest BCUT2D eigenvalue weighted by Gasteiger charge is -2.30. The van der Waals surface area contributed by atoms with Crippen LogP contribution < -0.4 is 0 Å². The molecule has 8 nitrogen and oxygen atoms in total. The van der Waals surface area contributed by atoms with Gasteiger partial charge in [0.05, 0.1) is 6.54 Å². The van der Waals surface area contributed by atoms with Gasteiger partial charge in [0.1, 0.15) is 18.1 Å². The molecule has 0 aromatic carbocycles. The van der Waals surface area contributed by atoms with E-state index in [9.17, 15) is 5.11 Å². The second-order valence-corrected chi connectivity index (χ2v) is 6.66. The Balaban J connectivity index is 1.35. The topological polar surface area (TPSA) is 93.1 Å². The minimum atomic E-state index is -0.0757. The molecule has 0 radical (unpaired) electrons. The minimum absolute atomic E-state index is 0.0757. The predicted octanol–water partition coefficient (Wildman–Crippen LogP) is 1.74. The van der Waals surface area contributed by atoms with Crippen molar-refractivity contribution in [2.75, 3.05) is 13.1 Å². The highest BCUT2D eigenvalue weighted by Crippen LogP contribution is 2.28. The third kappa shape index (κ3) is 3.38. The molecule has 1 saturated heterocycles. The van der Waals surface area contributed by atoms with E-state index in [0.29, 0.717) is 11.7 Å². The Kier molecular flexibility index (Phi) is 4.77. The summed E-state index contributed by atoms with van der Waals surface area (Å²) in [6.45, 7) is 2.62. The zero-order valence-electron chi connectivity index (χ0n) is 14.7. The SMILES string of the molecule is Cn1c(CO)nnc1C1CCN(Cc2cc(-c3ccncc3)no2)CC1. The Labute approximate surface area is 151 Å². The highest BCUT2D eigenvalue weighted by Gasteiger charge is 2.25. The number of pyridine rings is 1. The molecule has 4 heterocycles. The van der Waals surface area contributed by atoms with Gasteiger partial charge in [-0.25, -0.2) is 0 Å². The van der Waals surface area contributed by atoms with E-state index in [-0.39, 0.29) is 6.61 Å². The molecule has 26 heavy (non-hydrogen) atoms. The first-order chi connectivity index (χ1) is 12.7. The van der Waals surface area contributed by atoms with Crippen LogP contribution in [0.25, 0.3) is 11.3 Å². The van der Waals surface area contributed by atoms with Gasteiger partial charge in [-0.15, -0.1) is 10.2 Å². The molecule has 0 amide bonds. The summed E-state index contributed by atoms with van der Waals surface area (Å²) in [6.07, 6.45) is 5.54. The third-order valence-corrected chi connectivity index (χ3v) is 5.01. The van der Waals surface area contributed by atoms with Crippen LogP contribution in [0.2, 0.25) is 0 Å². The number of piperidine rings is 1. The smallest absolute Gasteiger partial charge is 0.158 e. The lowest BCUT2D eigenvalue weighted by molar-refractivity contribution is 0.180. The molecule has 3 aromatic rings. The molecule has 0 atom stereocenters. The third-order valence-electron chi connectivity index (χ3n) is 5.01. The monoisotopic (exact) mass is 354 g/mol. The van der Waals surface area contributed by atoms with Gasteiger partial charge < -0.3 is 14.2 Å². The molecule has 0 aliphatic carbocycles. The van der Waals surface area contributed by atoms with Gasteiger partial charge in [0.2, 0.25) is 0 Å². The van der Waals surface area contributed by atoms with Gasteiger partial charge in [-0.05, 0) is 38.1 Å². The Hall–Kier alpha value is -2.58. The summed E-state index contributed by atoms with van der Waals surface area (Å²) < 4.78 is 7.42. The fourth-order valence-electron chi connectivity index (χ4n) is 3.48. The first-order valence-electron chi connectivity index (χ1n) is 8.82. The zero-order valence-corrected chi connectivity index (χ0v) is 14.7. The molecule has 0 spiro atoms. The summed E-state index contributed by atoms with van der Waals surface area (Å²) >= 11 is 0. The van der Waals surface area contributed by atoms with E-state index in [0.717, 1.165) is 55.3 Å². The number of nitrogens with zero attached hydrogens (tertiary/aromatic N) is 6. The van der Waals surface area contributed by atoms with Gasteiger partial charge in [-0.2, -0.15) is 0 Å². The predicted molar refractivity (Wildman–Crippen MR) is 93.9 cm³/mol. The number of hydrogen-bond acceptors (Lipinski definition) is 7. The Morgan fingerprint density at radius 2 is 1.96 bits per heavy atom. The molecular weight excluding hydrogens is 332 g/mol. The quantitative estimate of drug-likeness (QED) is 0.746. The maximum Gasteiger partial charge on any atom is 0.158 e. The van der Waals surface area contributed by atoms with Gasteiger partial charge in [0.25, 0.3) is 0 Å². The first-order valence-corrected chi connectivity index (χ1v) is 8.82. The van der Waals surface area contributed by atoms with Gasteiger partial charge in [0, 0.05) is 37.0 Å². The summed E-state index contributed by atoms with van der Waals surface area (Å²) in [5.41, 5.74) is 1.85. The highest BCUT2D eigenvalue weighted by molar-refractivity contribution is 5.57. The molecule has 1 aliphatic heterocycles. The fraction of sp³-hybridized carbons (Fsp3) is 0.444. The van der Waals surface area contributed by atoms with E-state index in [2.05, 4.69) is 25.2 Å². The van der Waals surface area contributed by atoms with Gasteiger partial charge in [-0.1, -0.05) is 5.16 Å². The van der Waals surface area contributed by atoms with E-state index in [1.165, 1.54) is 0 Å². The molecular formula is C18H22N6O2. The van der Waals surface area contributed by atoms with Crippen molar-refractivity contribution in [2.24, 2.45) is 7.05 Å². The maximum atomic E-state index is 9.27. The first kappa shape index (κ1) is 16.9. The molecule has 3 aromatic heterocycles. The maximum absolute atomic E-state index is 9.27. The van der Waals surface area contributed by atoms with Crippen LogP contribution in [0, 0.1) is 0 Å². The molecule has 8 heteroatoms. The van der Waals surface area contributed by atoms with Crippen LogP contribution in [0.3, 0.4) is 0 Å². The van der Waals surface area contributed by atoms with Crippen molar-refractivity contribution in [2.45, 2.75) is 31.9 Å². The van der Waals surface area contributed by atoms with Crippen molar-refractivity contribution in [1.29, 1.82) is 0 Å². The van der Waals surface area contributed by atoms with E-state index >= 15 is 0 Å². The summed E-state index contributed by atoms with van der Waals surface area (Å²) in [7, 11) is 1.92. The number of aromatic nitrogens is 5. The van der Waals surface area contributed by atoms with Gasteiger partial charge in [0.15, 0.2) is 11.6 Å². The molecule has 0 unspecified atom stereocenters. The molecule has 1 fully saturated rings. The van der Waals surface area contributed by atoms with Crippen LogP contribution in [0.5, 0.6) is 0 Å². The zero-order chi connectivity index (χ0) is 17.9. The normalized spacial score (nSPS) is 16.2. The van der Waals surface area contributed by atoms with E-state index < -0.39 is 0 Å². The Morgan fingerprint density at radius 1 is 1.19 bits per heavy atom. The van der Waals surface area contributed by atoms with Gasteiger partial charge >= 0.3 is 0 Å². The molecule has 0 bridgehead atoms. The van der Waals surface area contributed by atoms with Crippen molar-refractivity contribution in [1.82, 2.24) is 29.8 Å². The molecule has 136 valence electrons. The lowest BCUT2D eigenvalue weighted by atomic mass is 9.96.